The second kappa shape index (κ2) is 6.50. The maximum Gasteiger partial charge on any atom is 0.256 e. The topological polar surface area (TPSA) is 97.8 Å². The van der Waals surface area contributed by atoms with Gasteiger partial charge in [0.05, 0.1) is 28.4 Å². The Morgan fingerprint density at radius 1 is 1.31 bits per heavy atom. The van der Waals surface area contributed by atoms with Crippen LogP contribution in [0.4, 0.5) is 4.39 Å². The first kappa shape index (κ1) is 18.0. The van der Waals surface area contributed by atoms with Gasteiger partial charge in [-0.2, -0.15) is 0 Å². The van der Waals surface area contributed by atoms with Crippen molar-refractivity contribution in [2.75, 3.05) is 7.05 Å². The molecule has 0 aliphatic heterocycles. The van der Waals surface area contributed by atoms with Crippen molar-refractivity contribution in [3.63, 3.8) is 0 Å². The Hall–Kier alpha value is -2.78. The number of sulfonamides is 1. The molecule has 0 unspecified atom stereocenters. The highest BCUT2D eigenvalue weighted by atomic mass is 32.2. The highest BCUT2D eigenvalue weighted by Crippen LogP contribution is 2.18. The third kappa shape index (κ3) is 3.31. The van der Waals surface area contributed by atoms with Crippen LogP contribution in [0.2, 0.25) is 0 Å². The van der Waals surface area contributed by atoms with Gasteiger partial charge >= 0.3 is 0 Å². The lowest BCUT2D eigenvalue weighted by molar-refractivity contribution is 0.0778. The lowest BCUT2D eigenvalue weighted by Gasteiger charge is -2.18. The van der Waals surface area contributed by atoms with Gasteiger partial charge in [0.2, 0.25) is 10.0 Å². The normalized spacial score (nSPS) is 11.7. The van der Waals surface area contributed by atoms with Crippen molar-refractivity contribution < 1.29 is 17.6 Å². The number of primary sulfonamides is 1. The van der Waals surface area contributed by atoms with Crippen LogP contribution in [0.25, 0.3) is 5.65 Å². The summed E-state index contributed by atoms with van der Waals surface area (Å²) in [5.41, 5.74) is 1.91. The molecule has 0 radical (unpaired) electrons. The molecule has 1 amide bonds. The molecule has 26 heavy (non-hydrogen) atoms. The fraction of sp³-hybridized carbons (Fsp3) is 0.176. The average molecular weight is 376 g/mol. The van der Waals surface area contributed by atoms with Gasteiger partial charge in [-0.1, -0.05) is 6.07 Å². The Balaban J connectivity index is 1.94. The van der Waals surface area contributed by atoms with E-state index in [0.29, 0.717) is 0 Å². The second-order valence-corrected chi connectivity index (χ2v) is 7.48. The van der Waals surface area contributed by atoms with Crippen molar-refractivity contribution in [1.82, 2.24) is 14.3 Å². The van der Waals surface area contributed by atoms with Crippen LogP contribution >= 0.6 is 0 Å². The zero-order valence-corrected chi connectivity index (χ0v) is 15.0. The number of benzene rings is 1. The summed E-state index contributed by atoms with van der Waals surface area (Å²) in [5, 5.41) is 5.06. The molecule has 0 bridgehead atoms. The standard InChI is InChI=1S/C17H17FN4O3S/c1-11-15(22-8-4-3-5-16(22)20-11)10-21(2)17(23)13-9-12(26(19,24)25)6-7-14(13)18/h3-9H,10H2,1-2H3,(H2,19,24,25). The number of halogens is 1. The van der Waals surface area contributed by atoms with Crippen LogP contribution in [0.1, 0.15) is 21.7 Å². The van der Waals surface area contributed by atoms with Gasteiger partial charge in [-0.3, -0.25) is 4.79 Å². The first-order chi connectivity index (χ1) is 12.2. The average Bonchev–Trinajstić information content (AvgIpc) is 2.89. The molecule has 0 saturated heterocycles. The number of fused-ring (bicyclic) bond motifs is 1. The van der Waals surface area contributed by atoms with E-state index >= 15 is 0 Å². The number of amides is 1. The van der Waals surface area contributed by atoms with E-state index in [1.165, 1.54) is 11.9 Å². The SMILES string of the molecule is Cc1nc2ccccn2c1CN(C)C(=O)c1cc(S(N)(=O)=O)ccc1F. The highest BCUT2D eigenvalue weighted by Gasteiger charge is 2.21. The molecule has 0 atom stereocenters. The van der Waals surface area contributed by atoms with Crippen molar-refractivity contribution in [1.29, 1.82) is 0 Å². The molecule has 0 spiro atoms. The van der Waals surface area contributed by atoms with Gasteiger partial charge in [-0.05, 0) is 37.3 Å². The molecular weight excluding hydrogens is 359 g/mol. The number of nitrogens with zero attached hydrogens (tertiary/aromatic N) is 3. The van der Waals surface area contributed by atoms with Crippen LogP contribution in [0.3, 0.4) is 0 Å². The van der Waals surface area contributed by atoms with E-state index < -0.39 is 21.7 Å². The quantitative estimate of drug-likeness (QED) is 0.749. The molecule has 1 aromatic carbocycles. The largest absolute Gasteiger partial charge is 0.336 e. The molecule has 0 aliphatic carbocycles. The number of carbonyl (C=O) groups is 1. The summed E-state index contributed by atoms with van der Waals surface area (Å²) in [7, 11) is -2.53. The number of rotatable bonds is 4. The Labute approximate surface area is 149 Å². The summed E-state index contributed by atoms with van der Waals surface area (Å²) in [6.45, 7) is 2.00. The van der Waals surface area contributed by atoms with Crippen molar-refractivity contribution >= 4 is 21.6 Å². The molecular formula is C17H17FN4O3S. The van der Waals surface area contributed by atoms with E-state index in [1.807, 2.05) is 35.7 Å². The number of hydrogen-bond acceptors (Lipinski definition) is 4. The van der Waals surface area contributed by atoms with Gasteiger partial charge in [0.25, 0.3) is 5.91 Å². The summed E-state index contributed by atoms with van der Waals surface area (Å²) in [6, 6.07) is 8.43. The summed E-state index contributed by atoms with van der Waals surface area (Å²) in [5.74, 6) is -1.47. The third-order valence-corrected chi connectivity index (χ3v) is 4.97. The number of carbonyl (C=O) groups excluding carboxylic acids is 1. The van der Waals surface area contributed by atoms with Crippen LogP contribution in [0.5, 0.6) is 0 Å². The molecule has 9 heteroatoms. The van der Waals surface area contributed by atoms with E-state index in [0.717, 1.165) is 35.2 Å². The van der Waals surface area contributed by atoms with Crippen molar-refractivity contribution in [3.8, 4) is 0 Å². The molecule has 3 rings (SSSR count). The van der Waals surface area contributed by atoms with E-state index in [2.05, 4.69) is 4.98 Å². The number of aromatic nitrogens is 2. The van der Waals surface area contributed by atoms with Gasteiger partial charge in [0.15, 0.2) is 0 Å². The first-order valence-electron chi connectivity index (χ1n) is 7.69. The highest BCUT2D eigenvalue weighted by molar-refractivity contribution is 7.89. The smallest absolute Gasteiger partial charge is 0.256 e. The van der Waals surface area contributed by atoms with Crippen molar-refractivity contribution in [2.24, 2.45) is 5.14 Å². The predicted molar refractivity (Wildman–Crippen MR) is 93.5 cm³/mol. The van der Waals surface area contributed by atoms with Crippen LogP contribution < -0.4 is 5.14 Å². The zero-order valence-electron chi connectivity index (χ0n) is 14.2. The predicted octanol–water partition coefficient (Wildman–Crippen LogP) is 1.70. The molecule has 0 fully saturated rings. The van der Waals surface area contributed by atoms with Gasteiger partial charge in [0, 0.05) is 13.2 Å². The molecule has 0 saturated carbocycles. The summed E-state index contributed by atoms with van der Waals surface area (Å²) < 4.78 is 38.8. The number of nitrogens with two attached hydrogens (primary N) is 1. The van der Waals surface area contributed by atoms with Crippen LogP contribution in [0.15, 0.2) is 47.5 Å². The number of imidazole rings is 1. The molecule has 7 nitrogen and oxygen atoms in total. The fourth-order valence-corrected chi connectivity index (χ4v) is 3.24. The van der Waals surface area contributed by atoms with E-state index in [9.17, 15) is 17.6 Å². The molecule has 3 aromatic rings. The molecule has 2 N–H and O–H groups in total. The minimum absolute atomic E-state index is 0.175. The minimum atomic E-state index is -4.04. The van der Waals surface area contributed by atoms with Crippen LogP contribution in [-0.2, 0) is 16.6 Å². The van der Waals surface area contributed by atoms with E-state index in [4.69, 9.17) is 5.14 Å². The molecule has 0 aliphatic rings. The van der Waals surface area contributed by atoms with Crippen LogP contribution in [0, 0.1) is 12.7 Å². The molecule has 136 valence electrons. The maximum atomic E-state index is 14.1. The van der Waals surface area contributed by atoms with Gasteiger partial charge in [-0.25, -0.2) is 22.9 Å². The van der Waals surface area contributed by atoms with Crippen LogP contribution in [-0.4, -0.2) is 35.7 Å². The minimum Gasteiger partial charge on any atom is -0.336 e. The second-order valence-electron chi connectivity index (χ2n) is 5.92. The number of aryl methyl sites for hydroxylation is 1. The Bertz CT molecular complexity index is 1110. The van der Waals surface area contributed by atoms with Crippen molar-refractivity contribution in [2.45, 2.75) is 18.4 Å². The fourth-order valence-electron chi connectivity index (χ4n) is 2.70. The third-order valence-electron chi connectivity index (χ3n) is 4.06. The van der Waals surface area contributed by atoms with E-state index in [-0.39, 0.29) is 17.0 Å². The molecule has 2 heterocycles. The maximum absolute atomic E-state index is 14.1. The summed E-state index contributed by atoms with van der Waals surface area (Å²) in [6.07, 6.45) is 1.82. The van der Waals surface area contributed by atoms with E-state index in [1.54, 1.807) is 0 Å². The number of pyridine rings is 1. The number of hydrogen-bond donors (Lipinski definition) is 1. The Morgan fingerprint density at radius 2 is 2.04 bits per heavy atom. The van der Waals surface area contributed by atoms with Gasteiger partial charge in [-0.15, -0.1) is 0 Å². The van der Waals surface area contributed by atoms with Gasteiger partial charge < -0.3 is 9.30 Å². The summed E-state index contributed by atoms with van der Waals surface area (Å²) in [4.78, 5) is 18.0. The lowest BCUT2D eigenvalue weighted by Crippen LogP contribution is -2.28. The van der Waals surface area contributed by atoms with Gasteiger partial charge in [0.1, 0.15) is 11.5 Å². The Morgan fingerprint density at radius 3 is 2.73 bits per heavy atom. The summed E-state index contributed by atoms with van der Waals surface area (Å²) >= 11 is 0. The monoisotopic (exact) mass is 376 g/mol. The Kier molecular flexibility index (Phi) is 4.51. The van der Waals surface area contributed by atoms with Crippen molar-refractivity contribution in [3.05, 3.63) is 65.4 Å². The molecule has 2 aromatic heterocycles. The first-order valence-corrected chi connectivity index (χ1v) is 9.23. The lowest BCUT2D eigenvalue weighted by atomic mass is 10.2. The zero-order chi connectivity index (χ0) is 19.1.